The van der Waals surface area contributed by atoms with Gasteiger partial charge in [0.25, 0.3) is 6.71 Å². The zero-order chi connectivity index (χ0) is 51.4. The molecule has 1 aromatic heterocycles. The summed E-state index contributed by atoms with van der Waals surface area (Å²) in [6, 6.07) is 37.4. The highest BCUT2D eigenvalue weighted by Crippen LogP contribution is 2.55. The maximum absolute atomic E-state index is 6.95. The summed E-state index contributed by atoms with van der Waals surface area (Å²) in [5, 5.41) is 2.34. The molecule has 0 saturated carbocycles. The average molecular weight is 953 g/mol. The van der Waals surface area contributed by atoms with Gasteiger partial charge < -0.3 is 14.2 Å². The largest absolute Gasteiger partial charge is 0.456 e. The Kier molecular flexibility index (Phi) is 9.79. The molecule has 4 heteroatoms. The first kappa shape index (κ1) is 47.8. The normalized spacial score (nSPS) is 20.6. The summed E-state index contributed by atoms with van der Waals surface area (Å²) in [5.74, 6) is 0. The van der Waals surface area contributed by atoms with E-state index in [0.29, 0.717) is 0 Å². The van der Waals surface area contributed by atoms with E-state index >= 15 is 0 Å². The summed E-state index contributed by atoms with van der Waals surface area (Å²) in [4.78, 5) is 5.40. The van der Waals surface area contributed by atoms with Crippen molar-refractivity contribution in [1.29, 1.82) is 0 Å². The number of hydrogen-bond donors (Lipinski definition) is 0. The van der Waals surface area contributed by atoms with Crippen LogP contribution in [0.5, 0.6) is 0 Å². The van der Waals surface area contributed by atoms with E-state index < -0.39 is 0 Å². The fourth-order valence-electron chi connectivity index (χ4n) is 14.2. The molecule has 0 bridgehead atoms. The van der Waals surface area contributed by atoms with Crippen LogP contribution < -0.4 is 26.2 Å². The van der Waals surface area contributed by atoms with Gasteiger partial charge >= 0.3 is 0 Å². The Balaban J connectivity index is 1.22. The van der Waals surface area contributed by atoms with Gasteiger partial charge in [0.2, 0.25) is 0 Å². The molecule has 2 aliphatic heterocycles. The van der Waals surface area contributed by atoms with Gasteiger partial charge in [-0.25, -0.2) is 0 Å². The van der Waals surface area contributed by atoms with Gasteiger partial charge in [0.1, 0.15) is 11.2 Å². The van der Waals surface area contributed by atoms with Gasteiger partial charge in [-0.2, -0.15) is 0 Å². The maximum atomic E-state index is 6.95. The predicted molar refractivity (Wildman–Crippen MR) is 311 cm³/mol. The molecule has 372 valence electrons. The maximum Gasteiger partial charge on any atom is 0.252 e. The van der Waals surface area contributed by atoms with Gasteiger partial charge in [0.15, 0.2) is 0 Å². The Morgan fingerprint density at radius 3 is 1.21 bits per heavy atom. The Morgan fingerprint density at radius 2 is 0.750 bits per heavy atom. The first-order valence-electron chi connectivity index (χ1n) is 27.7. The third-order valence-corrected chi connectivity index (χ3v) is 19.6. The van der Waals surface area contributed by atoms with Gasteiger partial charge in [-0.1, -0.05) is 155 Å². The van der Waals surface area contributed by atoms with Gasteiger partial charge in [-0.3, -0.25) is 0 Å². The van der Waals surface area contributed by atoms with E-state index in [9.17, 15) is 0 Å². The molecule has 3 heterocycles. The second-order valence-electron chi connectivity index (χ2n) is 29.5. The number of hydrogen-bond acceptors (Lipinski definition) is 3. The van der Waals surface area contributed by atoms with Crippen LogP contribution in [-0.2, 0) is 43.3 Å². The molecule has 7 aromatic rings. The molecule has 0 saturated heterocycles. The minimum absolute atomic E-state index is 0.0225. The summed E-state index contributed by atoms with van der Waals surface area (Å²) < 4.78 is 6.95. The van der Waals surface area contributed by atoms with E-state index in [4.69, 9.17) is 4.42 Å². The van der Waals surface area contributed by atoms with Crippen molar-refractivity contribution in [1.82, 2.24) is 0 Å². The van der Waals surface area contributed by atoms with E-state index in [1.165, 1.54) is 127 Å². The first-order valence-corrected chi connectivity index (χ1v) is 27.7. The van der Waals surface area contributed by atoms with Gasteiger partial charge in [0, 0.05) is 51.0 Å². The number of anilines is 6. The molecule has 0 unspecified atom stereocenters. The quantitative estimate of drug-likeness (QED) is 0.161. The van der Waals surface area contributed by atoms with Crippen LogP contribution in [0, 0.1) is 0 Å². The van der Waals surface area contributed by atoms with Crippen LogP contribution in [-0.4, -0.2) is 6.71 Å². The molecule has 3 aliphatic carbocycles. The highest BCUT2D eigenvalue weighted by atomic mass is 16.3. The second-order valence-corrected chi connectivity index (χ2v) is 29.5. The van der Waals surface area contributed by atoms with E-state index in [2.05, 4.69) is 225 Å². The molecule has 0 radical (unpaired) electrons. The number of furan rings is 1. The third kappa shape index (κ3) is 6.95. The van der Waals surface area contributed by atoms with E-state index in [1.807, 2.05) is 0 Å². The Morgan fingerprint density at radius 1 is 0.375 bits per heavy atom. The number of benzene rings is 6. The van der Waals surface area contributed by atoms with Crippen molar-refractivity contribution >= 4 is 79.2 Å². The third-order valence-electron chi connectivity index (χ3n) is 19.6. The highest BCUT2D eigenvalue weighted by molar-refractivity contribution is 7.00. The van der Waals surface area contributed by atoms with Crippen LogP contribution in [0.4, 0.5) is 34.1 Å². The van der Waals surface area contributed by atoms with Crippen molar-refractivity contribution in [3.8, 4) is 0 Å². The lowest BCUT2D eigenvalue weighted by Gasteiger charge is -2.49. The minimum atomic E-state index is -0.127. The summed E-state index contributed by atoms with van der Waals surface area (Å²) in [6.07, 6.45) is 7.06. The second kappa shape index (κ2) is 14.8. The monoisotopic (exact) mass is 953 g/mol. The number of fused-ring (bicyclic) bond motifs is 10. The van der Waals surface area contributed by atoms with Crippen molar-refractivity contribution in [2.45, 2.75) is 206 Å². The van der Waals surface area contributed by atoms with Gasteiger partial charge in [-0.05, 0) is 197 Å². The van der Waals surface area contributed by atoms with E-state index in [1.54, 1.807) is 0 Å². The Hall–Kier alpha value is -5.22. The fraction of sp³-hybridized carbons (Fsp3) is 0.471. The van der Waals surface area contributed by atoms with Crippen molar-refractivity contribution in [2.75, 3.05) is 9.80 Å². The lowest BCUT2D eigenvalue weighted by atomic mass is 9.32. The molecule has 0 fully saturated rings. The van der Waals surface area contributed by atoms with E-state index in [-0.39, 0.29) is 50.0 Å². The lowest BCUT2D eigenvalue weighted by molar-refractivity contribution is 0.332. The molecule has 12 rings (SSSR count). The Labute approximate surface area is 433 Å². The van der Waals surface area contributed by atoms with Crippen LogP contribution in [0.1, 0.15) is 208 Å². The number of nitrogens with zero attached hydrogens (tertiary/aromatic N) is 2. The fourth-order valence-corrected chi connectivity index (χ4v) is 14.2. The Bertz CT molecular complexity index is 3460. The molecule has 0 N–H and O–H groups in total. The molecular formula is C68H81BN2O. The summed E-state index contributed by atoms with van der Waals surface area (Å²) >= 11 is 0. The van der Waals surface area contributed by atoms with Crippen LogP contribution in [0.2, 0.25) is 0 Å². The number of rotatable bonds is 2. The molecule has 72 heavy (non-hydrogen) atoms. The van der Waals surface area contributed by atoms with Crippen molar-refractivity contribution in [3.05, 3.63) is 136 Å². The highest BCUT2D eigenvalue weighted by Gasteiger charge is 2.49. The van der Waals surface area contributed by atoms with E-state index in [0.717, 1.165) is 28.7 Å². The summed E-state index contributed by atoms with van der Waals surface area (Å²) in [5.41, 5.74) is 25.7. The zero-order valence-corrected chi connectivity index (χ0v) is 47.3. The van der Waals surface area contributed by atoms with Crippen molar-refractivity contribution in [2.24, 2.45) is 0 Å². The molecule has 3 nitrogen and oxygen atoms in total. The van der Waals surface area contributed by atoms with Crippen LogP contribution in [0.15, 0.2) is 95.4 Å². The predicted octanol–water partition coefficient (Wildman–Crippen LogP) is 17.3. The topological polar surface area (TPSA) is 19.6 Å². The standard InChI is InChI=1S/C68H81BN2O/c1-61(2,3)40-19-22-44-45-23-20-43(35-59(45)72-58(44)33-40)71-55-39-51-49(66(13,14)28-30-68(51,17)18)37-53(55)69-52-36-48-50(67(15,16)29-27-65(48,11)12)38-54(52)70(56-31-41(62(4,5)6)32-57(71)60(56)69)42-21-24-46-47(34-42)64(9,10)26-25-63(46,7)8/h19-24,31-39H,25-30H2,1-18H3. The van der Waals surface area contributed by atoms with Crippen LogP contribution in [0.3, 0.4) is 0 Å². The first-order chi connectivity index (χ1) is 33.4. The average Bonchev–Trinajstić information content (AvgIpc) is 3.67. The van der Waals surface area contributed by atoms with Crippen molar-refractivity contribution < 1.29 is 4.42 Å². The van der Waals surface area contributed by atoms with Crippen LogP contribution in [0.25, 0.3) is 21.9 Å². The van der Waals surface area contributed by atoms with Crippen LogP contribution >= 0.6 is 0 Å². The molecule has 0 amide bonds. The lowest BCUT2D eigenvalue weighted by Crippen LogP contribution is -2.62. The summed E-state index contributed by atoms with van der Waals surface area (Å²) in [7, 11) is 0. The molecule has 0 spiro atoms. The smallest absolute Gasteiger partial charge is 0.252 e. The molecule has 6 aromatic carbocycles. The van der Waals surface area contributed by atoms with Gasteiger partial charge in [0.05, 0.1) is 0 Å². The molecular weight excluding hydrogens is 872 g/mol. The molecule has 5 aliphatic rings. The molecule has 0 atom stereocenters. The minimum Gasteiger partial charge on any atom is -0.456 e. The van der Waals surface area contributed by atoms with Crippen molar-refractivity contribution in [3.63, 3.8) is 0 Å². The zero-order valence-electron chi connectivity index (χ0n) is 47.3. The SMILES string of the molecule is CC(C)(C)c1cc2c3c(c1)N(c1ccc4c(c1)oc1cc(C(C)(C)C)ccc14)c1cc4c(cc1B3c1cc3c(cc1N2c1ccc2c(c1)C(C)(C)CCC2(C)C)C(C)(C)CCC3(C)C)C(C)(C)CCC4(C)C. The van der Waals surface area contributed by atoms with Gasteiger partial charge in [-0.15, -0.1) is 0 Å². The summed E-state index contributed by atoms with van der Waals surface area (Å²) in [6.45, 7) is 43.9.